The molecule has 3 N–H and O–H groups in total. The van der Waals surface area contributed by atoms with Gasteiger partial charge in [0.1, 0.15) is 11.9 Å². The lowest BCUT2D eigenvalue weighted by molar-refractivity contribution is -0.125. The number of ether oxygens (including phenoxy) is 2. The van der Waals surface area contributed by atoms with Gasteiger partial charge in [0.15, 0.2) is 6.10 Å². The average molecular weight is 437 g/mol. The predicted octanol–water partition coefficient (Wildman–Crippen LogP) is 3.40. The Kier molecular flexibility index (Phi) is 6.41. The molecule has 8 nitrogen and oxygen atoms in total. The van der Waals surface area contributed by atoms with Gasteiger partial charge in [0.2, 0.25) is 0 Å². The molecule has 0 saturated carbocycles. The number of carbonyl (C=O) groups is 3. The minimum Gasteiger partial charge on any atom is -0.478 e. The first-order valence-corrected chi connectivity index (χ1v) is 10.9. The molecule has 2 aliphatic heterocycles. The molecule has 0 aliphatic carbocycles. The van der Waals surface area contributed by atoms with Gasteiger partial charge < -0.3 is 25.4 Å². The second kappa shape index (κ2) is 9.40. The van der Waals surface area contributed by atoms with Crippen LogP contribution >= 0.6 is 0 Å². The number of benzene rings is 2. The maximum atomic E-state index is 12.8. The second-order valence-electron chi connectivity index (χ2n) is 8.03. The molecular weight excluding hydrogens is 410 g/mol. The van der Waals surface area contributed by atoms with Crippen molar-refractivity contribution in [3.8, 4) is 5.75 Å². The number of nitrogens with one attached hydrogen (secondary N) is 3. The molecule has 32 heavy (non-hydrogen) atoms. The number of hydrogen-bond acceptors (Lipinski definition) is 5. The summed E-state index contributed by atoms with van der Waals surface area (Å²) in [4.78, 5) is 37.0. The molecule has 4 rings (SSSR count). The minimum absolute atomic E-state index is 0.152. The second-order valence-corrected chi connectivity index (χ2v) is 8.03. The van der Waals surface area contributed by atoms with Crippen LogP contribution in [0.4, 0.5) is 11.4 Å². The van der Waals surface area contributed by atoms with Crippen LogP contribution < -0.4 is 20.7 Å². The largest absolute Gasteiger partial charge is 0.478 e. The molecule has 1 saturated heterocycles. The summed E-state index contributed by atoms with van der Waals surface area (Å²) in [6.07, 6.45) is 1.20. The first-order valence-electron chi connectivity index (χ1n) is 10.9. The molecule has 0 aromatic heterocycles. The van der Waals surface area contributed by atoms with Crippen LogP contribution in [0.5, 0.6) is 5.75 Å². The van der Waals surface area contributed by atoms with Gasteiger partial charge in [0, 0.05) is 17.9 Å². The third kappa shape index (κ3) is 4.75. The topological polar surface area (TPSA) is 106 Å². The van der Waals surface area contributed by atoms with E-state index in [1.807, 2.05) is 26.0 Å². The van der Waals surface area contributed by atoms with E-state index in [9.17, 15) is 14.4 Å². The van der Waals surface area contributed by atoms with E-state index < -0.39 is 12.2 Å². The highest BCUT2D eigenvalue weighted by Crippen LogP contribution is 2.33. The van der Waals surface area contributed by atoms with E-state index in [2.05, 4.69) is 16.0 Å². The maximum Gasteiger partial charge on any atom is 0.265 e. The molecule has 0 bridgehead atoms. The molecule has 2 heterocycles. The van der Waals surface area contributed by atoms with Gasteiger partial charge in [-0.25, -0.2) is 0 Å². The van der Waals surface area contributed by atoms with Crippen LogP contribution in [-0.4, -0.2) is 36.5 Å². The quantitative estimate of drug-likeness (QED) is 0.642. The molecule has 2 aliphatic rings. The van der Waals surface area contributed by atoms with Gasteiger partial charge in [-0.1, -0.05) is 19.1 Å². The summed E-state index contributed by atoms with van der Waals surface area (Å²) in [5.41, 5.74) is 2.46. The Bertz CT molecular complexity index is 1030. The lowest BCUT2D eigenvalue weighted by Crippen LogP contribution is -2.36. The van der Waals surface area contributed by atoms with Crippen molar-refractivity contribution in [2.75, 3.05) is 17.2 Å². The fourth-order valence-electron chi connectivity index (χ4n) is 3.81. The van der Waals surface area contributed by atoms with Crippen molar-refractivity contribution < 1.29 is 23.9 Å². The first-order chi connectivity index (χ1) is 15.4. The summed E-state index contributed by atoms with van der Waals surface area (Å²) in [5, 5.41) is 8.63. The third-order valence-corrected chi connectivity index (χ3v) is 5.66. The number of hydrogen-bond donors (Lipinski definition) is 3. The smallest absolute Gasteiger partial charge is 0.265 e. The van der Waals surface area contributed by atoms with Crippen molar-refractivity contribution in [2.24, 2.45) is 0 Å². The zero-order valence-corrected chi connectivity index (χ0v) is 18.1. The molecule has 0 spiro atoms. The van der Waals surface area contributed by atoms with Crippen LogP contribution in [0.3, 0.4) is 0 Å². The monoisotopic (exact) mass is 437 g/mol. The number of anilines is 2. The molecule has 2 aromatic carbocycles. The summed E-state index contributed by atoms with van der Waals surface area (Å²) >= 11 is 0. The standard InChI is InChI=1S/C24H27N3O5/c1-3-19-23(29)27-18-10-9-15(13-21(18)32-19)14(2)25-22(28)16-6-4-7-17(12-16)26-24(30)20-8-5-11-31-20/h4,6-7,9-10,12-14,19-20H,3,5,8,11H2,1-2H3,(H,25,28)(H,26,30)(H,27,29)/t14-,19-,20-/m0/s1. The van der Waals surface area contributed by atoms with Gasteiger partial charge in [0.25, 0.3) is 17.7 Å². The van der Waals surface area contributed by atoms with Gasteiger partial charge in [-0.2, -0.15) is 0 Å². The predicted molar refractivity (Wildman–Crippen MR) is 120 cm³/mol. The van der Waals surface area contributed by atoms with Crippen molar-refractivity contribution in [3.05, 3.63) is 53.6 Å². The van der Waals surface area contributed by atoms with Crippen LogP contribution in [-0.2, 0) is 14.3 Å². The van der Waals surface area contributed by atoms with Gasteiger partial charge >= 0.3 is 0 Å². The van der Waals surface area contributed by atoms with Crippen LogP contribution in [0.25, 0.3) is 0 Å². The van der Waals surface area contributed by atoms with E-state index in [0.717, 1.165) is 12.0 Å². The van der Waals surface area contributed by atoms with Crippen molar-refractivity contribution in [1.82, 2.24) is 5.32 Å². The Hall–Kier alpha value is -3.39. The first kappa shape index (κ1) is 21.8. The summed E-state index contributed by atoms with van der Waals surface area (Å²) in [7, 11) is 0. The zero-order valence-electron chi connectivity index (χ0n) is 18.1. The highest BCUT2D eigenvalue weighted by Gasteiger charge is 2.27. The van der Waals surface area contributed by atoms with Gasteiger partial charge in [0.05, 0.1) is 11.7 Å². The molecule has 3 atom stereocenters. The fourth-order valence-corrected chi connectivity index (χ4v) is 3.81. The summed E-state index contributed by atoms with van der Waals surface area (Å²) in [6, 6.07) is 12.0. The molecule has 168 valence electrons. The average Bonchev–Trinajstić information content (AvgIpc) is 3.33. The van der Waals surface area contributed by atoms with E-state index in [4.69, 9.17) is 9.47 Å². The van der Waals surface area contributed by atoms with Crippen molar-refractivity contribution in [1.29, 1.82) is 0 Å². The van der Waals surface area contributed by atoms with E-state index in [1.165, 1.54) is 0 Å². The van der Waals surface area contributed by atoms with Gasteiger partial charge in [-0.05, 0) is 62.1 Å². The van der Waals surface area contributed by atoms with Crippen molar-refractivity contribution >= 4 is 29.1 Å². The Morgan fingerprint density at radius 3 is 2.81 bits per heavy atom. The molecule has 1 fully saturated rings. The fraction of sp³-hybridized carbons (Fsp3) is 0.375. The Morgan fingerprint density at radius 1 is 1.22 bits per heavy atom. The number of rotatable bonds is 6. The van der Waals surface area contributed by atoms with E-state index in [1.54, 1.807) is 30.3 Å². The summed E-state index contributed by atoms with van der Waals surface area (Å²) in [5.74, 6) is -0.0153. The molecule has 0 unspecified atom stereocenters. The molecule has 2 aromatic rings. The van der Waals surface area contributed by atoms with E-state index in [0.29, 0.717) is 42.1 Å². The molecule has 0 radical (unpaired) electrons. The number of fused-ring (bicyclic) bond motifs is 1. The Balaban J connectivity index is 1.42. The number of carbonyl (C=O) groups excluding carboxylic acids is 3. The van der Waals surface area contributed by atoms with Gasteiger partial charge in [-0.15, -0.1) is 0 Å². The molecule has 3 amide bonds. The lowest BCUT2D eigenvalue weighted by Gasteiger charge is -2.26. The van der Waals surface area contributed by atoms with Crippen LogP contribution in [0, 0.1) is 0 Å². The Morgan fingerprint density at radius 2 is 2.06 bits per heavy atom. The van der Waals surface area contributed by atoms with Crippen LogP contribution in [0.2, 0.25) is 0 Å². The van der Waals surface area contributed by atoms with Crippen LogP contribution in [0.1, 0.15) is 55.1 Å². The van der Waals surface area contributed by atoms with E-state index in [-0.39, 0.29) is 23.8 Å². The highest BCUT2D eigenvalue weighted by atomic mass is 16.5. The zero-order chi connectivity index (χ0) is 22.7. The van der Waals surface area contributed by atoms with Gasteiger partial charge in [-0.3, -0.25) is 14.4 Å². The normalized spacial score (nSPS) is 20.5. The third-order valence-electron chi connectivity index (χ3n) is 5.66. The van der Waals surface area contributed by atoms with E-state index >= 15 is 0 Å². The van der Waals surface area contributed by atoms with Crippen molar-refractivity contribution in [3.63, 3.8) is 0 Å². The Labute approximate surface area is 186 Å². The highest BCUT2D eigenvalue weighted by molar-refractivity contribution is 5.99. The maximum absolute atomic E-state index is 12.8. The lowest BCUT2D eigenvalue weighted by atomic mass is 10.0. The minimum atomic E-state index is -0.518. The summed E-state index contributed by atoms with van der Waals surface area (Å²) in [6.45, 7) is 4.36. The van der Waals surface area contributed by atoms with Crippen molar-refractivity contribution in [2.45, 2.75) is 51.4 Å². The number of amides is 3. The van der Waals surface area contributed by atoms with Crippen LogP contribution in [0.15, 0.2) is 42.5 Å². The summed E-state index contributed by atoms with van der Waals surface area (Å²) < 4.78 is 11.2. The molecular formula is C24H27N3O5. The molecule has 8 heteroatoms. The SMILES string of the molecule is CC[C@@H]1Oc2cc([C@H](C)NC(=O)c3cccc(NC(=O)[C@@H]4CCCO4)c3)ccc2NC1=O.